The first-order valence-electron chi connectivity index (χ1n) is 10.4. The zero-order valence-corrected chi connectivity index (χ0v) is 18.8. The molecule has 2 saturated heterocycles. The van der Waals surface area contributed by atoms with Crippen LogP contribution in [0.2, 0.25) is 0 Å². The minimum Gasteiger partial charge on any atom is -0.341 e. The Morgan fingerprint density at radius 2 is 1.94 bits per heavy atom. The van der Waals surface area contributed by atoms with Gasteiger partial charge < -0.3 is 9.80 Å². The number of rotatable bonds is 4. The van der Waals surface area contributed by atoms with E-state index < -0.39 is 0 Å². The molecule has 0 bridgehead atoms. The fourth-order valence-electron chi connectivity index (χ4n) is 4.23. The molecule has 4 heterocycles. The standard InChI is InChI=1S/C22H23FN4O2S2/c1-14-17-10-19(31-22(17)27(24-14)11-15-4-6-16(23)7-5-15)21(29)26-13-30-12-18(26)20(28)25-8-2-3-9-25/h4-7,10,18H,2-3,8-9,11-13H2,1H3. The van der Waals surface area contributed by atoms with Crippen molar-refractivity contribution in [1.29, 1.82) is 0 Å². The van der Waals surface area contributed by atoms with Crippen molar-refractivity contribution in [1.82, 2.24) is 19.6 Å². The number of carbonyl (C=O) groups excluding carboxylic acids is 2. The highest BCUT2D eigenvalue weighted by Gasteiger charge is 2.38. The average molecular weight is 459 g/mol. The molecule has 9 heteroatoms. The SMILES string of the molecule is Cc1nn(Cc2ccc(F)cc2)c2sc(C(=O)N3CSCC3C(=O)N3CCCC3)cc12. The summed E-state index contributed by atoms with van der Waals surface area (Å²) in [5.41, 5.74) is 1.80. The van der Waals surface area contributed by atoms with Gasteiger partial charge >= 0.3 is 0 Å². The Kier molecular flexibility index (Phi) is 5.47. The number of halogens is 1. The van der Waals surface area contributed by atoms with E-state index in [2.05, 4.69) is 5.10 Å². The number of thioether (sulfide) groups is 1. The van der Waals surface area contributed by atoms with Gasteiger partial charge in [0.05, 0.1) is 23.0 Å². The van der Waals surface area contributed by atoms with Gasteiger partial charge in [-0.1, -0.05) is 12.1 Å². The summed E-state index contributed by atoms with van der Waals surface area (Å²) in [5.74, 6) is 0.921. The van der Waals surface area contributed by atoms with Crippen molar-refractivity contribution in [2.45, 2.75) is 32.4 Å². The number of amides is 2. The molecule has 2 fully saturated rings. The first-order valence-corrected chi connectivity index (χ1v) is 12.4. The minimum absolute atomic E-state index is 0.0793. The normalized spacial score (nSPS) is 19.0. The lowest BCUT2D eigenvalue weighted by Crippen LogP contribution is -2.48. The lowest BCUT2D eigenvalue weighted by atomic mass is 10.2. The maximum absolute atomic E-state index is 13.3. The van der Waals surface area contributed by atoms with Crippen molar-refractivity contribution < 1.29 is 14.0 Å². The molecular formula is C22H23FN4O2S2. The van der Waals surface area contributed by atoms with Crippen LogP contribution in [0.1, 0.15) is 33.8 Å². The van der Waals surface area contributed by atoms with Gasteiger partial charge in [0.25, 0.3) is 5.91 Å². The first kappa shape index (κ1) is 20.5. The highest BCUT2D eigenvalue weighted by molar-refractivity contribution is 7.99. The van der Waals surface area contributed by atoms with E-state index in [9.17, 15) is 14.0 Å². The quantitative estimate of drug-likeness (QED) is 0.598. The molecule has 0 N–H and O–H groups in total. The minimum atomic E-state index is -0.377. The molecule has 5 rings (SSSR count). The molecule has 162 valence electrons. The Morgan fingerprint density at radius 1 is 1.19 bits per heavy atom. The van der Waals surface area contributed by atoms with E-state index in [0.717, 1.165) is 47.4 Å². The second-order valence-corrected chi connectivity index (χ2v) is 10.1. The lowest BCUT2D eigenvalue weighted by Gasteiger charge is -2.26. The van der Waals surface area contributed by atoms with Crippen LogP contribution < -0.4 is 0 Å². The van der Waals surface area contributed by atoms with Gasteiger partial charge in [0, 0.05) is 24.2 Å². The fraction of sp³-hybridized carbons (Fsp3) is 0.409. The van der Waals surface area contributed by atoms with Crippen LogP contribution in [0, 0.1) is 12.7 Å². The van der Waals surface area contributed by atoms with Crippen molar-refractivity contribution in [2.24, 2.45) is 0 Å². The van der Waals surface area contributed by atoms with Crippen LogP contribution in [0.25, 0.3) is 10.2 Å². The summed E-state index contributed by atoms with van der Waals surface area (Å²) in [4.78, 5) is 31.4. The Balaban J connectivity index is 1.40. The number of aromatic nitrogens is 2. The number of thiophene rings is 1. The highest BCUT2D eigenvalue weighted by atomic mass is 32.2. The van der Waals surface area contributed by atoms with Gasteiger partial charge in [-0.15, -0.1) is 23.1 Å². The smallest absolute Gasteiger partial charge is 0.265 e. The van der Waals surface area contributed by atoms with E-state index in [-0.39, 0.29) is 23.7 Å². The van der Waals surface area contributed by atoms with Crippen molar-refractivity contribution in [3.05, 3.63) is 52.3 Å². The Labute approximate surface area is 188 Å². The largest absolute Gasteiger partial charge is 0.341 e. The van der Waals surface area contributed by atoms with Gasteiger partial charge in [-0.05, 0) is 43.5 Å². The zero-order valence-electron chi connectivity index (χ0n) is 17.2. The Hall–Kier alpha value is -2.39. The van der Waals surface area contributed by atoms with Crippen molar-refractivity contribution >= 4 is 45.1 Å². The van der Waals surface area contributed by atoms with Gasteiger partial charge in [0.1, 0.15) is 16.7 Å². The molecule has 0 aliphatic carbocycles. The first-order chi connectivity index (χ1) is 15.0. The summed E-state index contributed by atoms with van der Waals surface area (Å²) in [6, 6.07) is 7.88. The molecule has 2 aliphatic rings. The fourth-order valence-corrected chi connectivity index (χ4v) is 6.49. The monoisotopic (exact) mass is 458 g/mol. The van der Waals surface area contributed by atoms with E-state index in [4.69, 9.17) is 0 Å². The summed E-state index contributed by atoms with van der Waals surface area (Å²) >= 11 is 3.04. The maximum Gasteiger partial charge on any atom is 0.265 e. The molecule has 1 atom stereocenters. The maximum atomic E-state index is 13.3. The lowest BCUT2D eigenvalue weighted by molar-refractivity contribution is -0.133. The molecule has 1 aromatic carbocycles. The second-order valence-electron chi connectivity index (χ2n) is 8.02. The predicted molar refractivity (Wildman–Crippen MR) is 121 cm³/mol. The van der Waals surface area contributed by atoms with Gasteiger partial charge in [0.15, 0.2) is 0 Å². The molecule has 2 aliphatic heterocycles. The molecule has 31 heavy (non-hydrogen) atoms. The summed E-state index contributed by atoms with van der Waals surface area (Å²) in [7, 11) is 0. The van der Waals surface area contributed by atoms with Gasteiger partial charge in [-0.25, -0.2) is 4.39 Å². The van der Waals surface area contributed by atoms with E-state index in [1.54, 1.807) is 28.8 Å². The Bertz CT molecular complexity index is 1130. The highest BCUT2D eigenvalue weighted by Crippen LogP contribution is 2.32. The third-order valence-corrected chi connectivity index (χ3v) is 8.06. The summed E-state index contributed by atoms with van der Waals surface area (Å²) in [6.45, 7) is 4.02. The van der Waals surface area contributed by atoms with Crippen LogP contribution in [0.15, 0.2) is 30.3 Å². The number of hydrogen-bond acceptors (Lipinski definition) is 5. The number of benzene rings is 1. The van der Waals surface area contributed by atoms with E-state index in [0.29, 0.717) is 23.1 Å². The van der Waals surface area contributed by atoms with Crippen LogP contribution in [0.3, 0.4) is 0 Å². The molecule has 0 spiro atoms. The van der Waals surface area contributed by atoms with Crippen LogP contribution in [0.4, 0.5) is 4.39 Å². The number of fused-ring (bicyclic) bond motifs is 1. The van der Waals surface area contributed by atoms with E-state index in [1.807, 2.05) is 22.6 Å². The Morgan fingerprint density at radius 3 is 2.68 bits per heavy atom. The third-order valence-electron chi connectivity index (χ3n) is 5.91. The number of nitrogens with zero attached hydrogens (tertiary/aromatic N) is 4. The summed E-state index contributed by atoms with van der Waals surface area (Å²) < 4.78 is 15.1. The van der Waals surface area contributed by atoms with Crippen LogP contribution in [-0.4, -0.2) is 62.2 Å². The molecule has 2 aromatic heterocycles. The van der Waals surface area contributed by atoms with Crippen LogP contribution in [-0.2, 0) is 11.3 Å². The number of carbonyl (C=O) groups is 2. The van der Waals surface area contributed by atoms with Crippen molar-refractivity contribution in [3.8, 4) is 0 Å². The van der Waals surface area contributed by atoms with Crippen molar-refractivity contribution in [2.75, 3.05) is 24.7 Å². The van der Waals surface area contributed by atoms with Crippen molar-refractivity contribution in [3.63, 3.8) is 0 Å². The molecule has 0 radical (unpaired) electrons. The topological polar surface area (TPSA) is 58.4 Å². The van der Waals surface area contributed by atoms with Crippen LogP contribution in [0.5, 0.6) is 0 Å². The van der Waals surface area contributed by atoms with Gasteiger partial charge in [-0.2, -0.15) is 5.10 Å². The molecule has 6 nitrogen and oxygen atoms in total. The van der Waals surface area contributed by atoms with E-state index >= 15 is 0 Å². The summed E-state index contributed by atoms with van der Waals surface area (Å²) in [5, 5.41) is 5.55. The molecule has 1 unspecified atom stereocenters. The van der Waals surface area contributed by atoms with E-state index in [1.165, 1.54) is 23.5 Å². The van der Waals surface area contributed by atoms with Gasteiger partial charge in [0.2, 0.25) is 5.91 Å². The summed E-state index contributed by atoms with van der Waals surface area (Å²) in [6.07, 6.45) is 2.08. The predicted octanol–water partition coefficient (Wildman–Crippen LogP) is 3.73. The molecule has 0 saturated carbocycles. The zero-order chi connectivity index (χ0) is 21.5. The number of aryl methyl sites for hydroxylation is 1. The van der Waals surface area contributed by atoms with Crippen LogP contribution >= 0.6 is 23.1 Å². The molecule has 3 aromatic rings. The molecular weight excluding hydrogens is 435 g/mol. The average Bonchev–Trinajstić information content (AvgIpc) is 3.56. The number of likely N-dealkylation sites (tertiary alicyclic amines) is 1. The third kappa shape index (κ3) is 3.85. The second kappa shape index (κ2) is 8.27. The molecule has 2 amide bonds. The van der Waals surface area contributed by atoms with Gasteiger partial charge in [-0.3, -0.25) is 14.3 Å². The number of hydrogen-bond donors (Lipinski definition) is 0.